The van der Waals surface area contributed by atoms with Gasteiger partial charge in [0.25, 0.3) is 0 Å². The number of anilines is 1. The molecule has 1 heterocycles. The number of rotatable bonds is 3. The molecule has 0 radical (unpaired) electrons. The zero-order valence-corrected chi connectivity index (χ0v) is 13.7. The first-order valence-electron chi connectivity index (χ1n) is 7.05. The summed E-state index contributed by atoms with van der Waals surface area (Å²) in [5.41, 5.74) is 8.04. The normalized spacial score (nSPS) is 11.9. The van der Waals surface area contributed by atoms with Gasteiger partial charge < -0.3 is 5.73 Å². The monoisotopic (exact) mass is 331 g/mol. The Balaban J connectivity index is 2.18. The van der Waals surface area contributed by atoms with Crippen molar-refractivity contribution in [3.8, 4) is 0 Å². The maximum Gasteiger partial charge on any atom is 0.342 e. The molecule has 0 atom stereocenters. The number of benzene rings is 2. The van der Waals surface area contributed by atoms with Crippen LogP contribution in [0, 0.1) is 6.92 Å². The van der Waals surface area contributed by atoms with Crippen molar-refractivity contribution >= 4 is 26.7 Å². The molecule has 6 nitrogen and oxygen atoms in total. The van der Waals surface area contributed by atoms with Crippen LogP contribution in [0.15, 0.2) is 47.3 Å². The van der Waals surface area contributed by atoms with E-state index in [1.54, 1.807) is 31.3 Å². The van der Waals surface area contributed by atoms with Crippen LogP contribution in [0.2, 0.25) is 0 Å². The van der Waals surface area contributed by atoms with Crippen molar-refractivity contribution in [2.45, 2.75) is 12.7 Å². The molecule has 23 heavy (non-hydrogen) atoms. The number of nitrogen functional groups attached to an aromatic ring is 1. The molecule has 7 heteroatoms. The summed E-state index contributed by atoms with van der Waals surface area (Å²) in [5.74, 6) is -0.249. The number of hydrogen-bond acceptors (Lipinski definition) is 4. The van der Waals surface area contributed by atoms with Gasteiger partial charge in [0.15, 0.2) is 0 Å². The van der Waals surface area contributed by atoms with Crippen LogP contribution < -0.4 is 11.4 Å². The zero-order valence-electron chi connectivity index (χ0n) is 12.9. The number of fused-ring (bicyclic) bond motifs is 1. The number of imidazole rings is 1. The summed E-state index contributed by atoms with van der Waals surface area (Å²) < 4.78 is 27.6. The fraction of sp³-hybridized carbons (Fsp3) is 0.188. The molecule has 0 aliphatic carbocycles. The maximum atomic E-state index is 12.8. The second-order valence-corrected chi connectivity index (χ2v) is 7.41. The summed E-state index contributed by atoms with van der Waals surface area (Å²) >= 11 is 0. The first kappa shape index (κ1) is 15.4. The van der Waals surface area contributed by atoms with E-state index in [-0.39, 0.29) is 5.75 Å². The quantitative estimate of drug-likeness (QED) is 0.739. The van der Waals surface area contributed by atoms with Gasteiger partial charge in [-0.3, -0.25) is 4.57 Å². The minimum Gasteiger partial charge on any atom is -0.399 e. The van der Waals surface area contributed by atoms with Crippen LogP contribution in [0.25, 0.3) is 11.0 Å². The highest BCUT2D eigenvalue weighted by atomic mass is 32.2. The lowest BCUT2D eigenvalue weighted by Crippen LogP contribution is -2.29. The van der Waals surface area contributed by atoms with Crippen molar-refractivity contribution in [2.75, 3.05) is 5.73 Å². The third-order valence-electron chi connectivity index (χ3n) is 3.79. The van der Waals surface area contributed by atoms with Crippen molar-refractivity contribution in [1.82, 2.24) is 8.54 Å². The minimum absolute atomic E-state index is 0.249. The van der Waals surface area contributed by atoms with Gasteiger partial charge in [-0.05, 0) is 30.7 Å². The average Bonchev–Trinajstić information content (AvgIpc) is 2.73. The van der Waals surface area contributed by atoms with E-state index in [9.17, 15) is 13.2 Å². The van der Waals surface area contributed by atoms with Crippen LogP contribution in [0.5, 0.6) is 0 Å². The Bertz CT molecular complexity index is 1040. The van der Waals surface area contributed by atoms with Gasteiger partial charge in [-0.2, -0.15) is 3.97 Å². The SMILES string of the molecule is Cc1ccc(CS(=O)(=O)n2c(=O)n(C)c3ccc(N)cc32)cc1. The largest absolute Gasteiger partial charge is 0.399 e. The topological polar surface area (TPSA) is 87.1 Å². The lowest BCUT2D eigenvalue weighted by atomic mass is 10.2. The van der Waals surface area contributed by atoms with Gasteiger partial charge in [-0.25, -0.2) is 13.2 Å². The van der Waals surface area contributed by atoms with Gasteiger partial charge in [0, 0.05) is 12.7 Å². The van der Waals surface area contributed by atoms with E-state index in [1.807, 2.05) is 19.1 Å². The first-order chi connectivity index (χ1) is 10.8. The van der Waals surface area contributed by atoms with Crippen molar-refractivity contribution < 1.29 is 8.42 Å². The maximum absolute atomic E-state index is 12.8. The highest BCUT2D eigenvalue weighted by Crippen LogP contribution is 2.19. The van der Waals surface area contributed by atoms with E-state index in [1.165, 1.54) is 10.6 Å². The molecular weight excluding hydrogens is 314 g/mol. The number of hydrogen-bond donors (Lipinski definition) is 1. The Morgan fingerprint density at radius 2 is 1.70 bits per heavy atom. The van der Waals surface area contributed by atoms with Crippen molar-refractivity contribution in [3.05, 3.63) is 64.1 Å². The van der Waals surface area contributed by atoms with Gasteiger partial charge in [-0.1, -0.05) is 29.8 Å². The summed E-state index contributed by atoms with van der Waals surface area (Å²) in [5, 5.41) is 0. The van der Waals surface area contributed by atoms with Gasteiger partial charge in [0.05, 0.1) is 16.8 Å². The summed E-state index contributed by atoms with van der Waals surface area (Å²) in [6.45, 7) is 1.93. The molecule has 3 aromatic rings. The summed E-state index contributed by atoms with van der Waals surface area (Å²) in [4.78, 5) is 12.4. The Morgan fingerprint density at radius 1 is 1.04 bits per heavy atom. The summed E-state index contributed by atoms with van der Waals surface area (Å²) in [6.07, 6.45) is 0. The molecule has 2 aromatic carbocycles. The smallest absolute Gasteiger partial charge is 0.342 e. The molecule has 1 aromatic heterocycles. The van der Waals surface area contributed by atoms with Crippen LogP contribution in [-0.2, 0) is 22.8 Å². The van der Waals surface area contributed by atoms with Crippen molar-refractivity contribution in [2.24, 2.45) is 7.05 Å². The molecule has 0 saturated carbocycles. The van der Waals surface area contributed by atoms with Crippen LogP contribution in [-0.4, -0.2) is 17.0 Å². The lowest BCUT2D eigenvalue weighted by molar-refractivity contribution is 0.585. The van der Waals surface area contributed by atoms with Crippen LogP contribution in [0.3, 0.4) is 0 Å². The molecule has 0 bridgehead atoms. The van der Waals surface area contributed by atoms with E-state index in [4.69, 9.17) is 5.73 Å². The van der Waals surface area contributed by atoms with Crippen LogP contribution in [0.1, 0.15) is 11.1 Å². The minimum atomic E-state index is -3.85. The zero-order chi connectivity index (χ0) is 16.8. The Labute approximate surface area is 133 Å². The van der Waals surface area contributed by atoms with Crippen molar-refractivity contribution in [3.63, 3.8) is 0 Å². The van der Waals surface area contributed by atoms with Crippen molar-refractivity contribution in [1.29, 1.82) is 0 Å². The van der Waals surface area contributed by atoms with Crippen LogP contribution in [0.4, 0.5) is 5.69 Å². The van der Waals surface area contributed by atoms with E-state index in [0.29, 0.717) is 22.3 Å². The standard InChI is InChI=1S/C16H17N3O3S/c1-11-3-5-12(6-4-11)10-23(21,22)19-15-9-13(17)7-8-14(15)18(2)16(19)20/h3-9H,10,17H2,1-2H3. The van der Waals surface area contributed by atoms with E-state index >= 15 is 0 Å². The average molecular weight is 331 g/mol. The molecule has 0 fully saturated rings. The van der Waals surface area contributed by atoms with Crippen LogP contribution >= 0.6 is 0 Å². The number of aryl methyl sites for hydroxylation is 2. The molecule has 2 N–H and O–H groups in total. The van der Waals surface area contributed by atoms with E-state index in [2.05, 4.69) is 0 Å². The van der Waals surface area contributed by atoms with Gasteiger partial charge >= 0.3 is 5.69 Å². The van der Waals surface area contributed by atoms with E-state index < -0.39 is 15.7 Å². The third-order valence-corrected chi connectivity index (χ3v) is 5.40. The summed E-state index contributed by atoms with van der Waals surface area (Å²) in [6, 6.07) is 12.0. The predicted molar refractivity (Wildman–Crippen MR) is 90.8 cm³/mol. The molecule has 0 aliphatic heterocycles. The number of aromatic nitrogens is 2. The first-order valence-corrected chi connectivity index (χ1v) is 8.66. The van der Waals surface area contributed by atoms with Gasteiger partial charge in [-0.15, -0.1) is 0 Å². The fourth-order valence-electron chi connectivity index (χ4n) is 2.56. The Kier molecular flexibility index (Phi) is 3.52. The molecule has 120 valence electrons. The molecular formula is C16H17N3O3S. The lowest BCUT2D eigenvalue weighted by Gasteiger charge is -2.06. The molecule has 0 saturated heterocycles. The third kappa shape index (κ3) is 2.63. The Hall–Kier alpha value is -2.54. The second-order valence-electron chi connectivity index (χ2n) is 5.60. The molecule has 0 amide bonds. The molecule has 0 unspecified atom stereocenters. The molecule has 0 spiro atoms. The Morgan fingerprint density at radius 3 is 2.35 bits per heavy atom. The number of nitrogens with two attached hydrogens (primary N) is 1. The molecule has 0 aliphatic rings. The van der Waals surface area contributed by atoms with Gasteiger partial charge in [0.2, 0.25) is 10.0 Å². The van der Waals surface area contributed by atoms with E-state index in [0.717, 1.165) is 9.54 Å². The molecule has 3 rings (SSSR count). The van der Waals surface area contributed by atoms with Gasteiger partial charge in [0.1, 0.15) is 0 Å². The predicted octanol–water partition coefficient (Wildman–Crippen LogP) is 1.61. The number of nitrogens with zero attached hydrogens (tertiary/aromatic N) is 2. The highest BCUT2D eigenvalue weighted by Gasteiger charge is 2.22. The fourth-order valence-corrected chi connectivity index (χ4v) is 4.11. The highest BCUT2D eigenvalue weighted by molar-refractivity contribution is 7.89. The second kappa shape index (κ2) is 5.27. The summed E-state index contributed by atoms with van der Waals surface area (Å²) in [7, 11) is -2.31.